The summed E-state index contributed by atoms with van der Waals surface area (Å²) in [6.45, 7) is 4.33. The highest BCUT2D eigenvalue weighted by molar-refractivity contribution is 6.23. The quantitative estimate of drug-likeness (QED) is 0.386. The Morgan fingerprint density at radius 1 is 1.21 bits per heavy atom. The first-order valence-electron chi connectivity index (χ1n) is 9.11. The number of nitrogens with zero attached hydrogens (tertiary/aromatic N) is 3. The number of hydrogen-bond acceptors (Lipinski definition) is 4. The molecule has 0 bridgehead atoms. The lowest BCUT2D eigenvalue weighted by atomic mass is 9.70. The number of rotatable bonds is 4. The summed E-state index contributed by atoms with van der Waals surface area (Å²) in [5.41, 5.74) is 1.24. The Balaban J connectivity index is 1.95. The van der Waals surface area contributed by atoms with E-state index in [0.29, 0.717) is 12.1 Å². The van der Waals surface area contributed by atoms with E-state index in [2.05, 4.69) is 11.7 Å². The highest BCUT2D eigenvalue weighted by Gasteiger charge is 2.64. The SMILES string of the molecule is C=CCN1C(=O)[C@@]2(CN(C)C(=O)[C@H]2/C(=N/O)c2ccccc2)c2ccccc21. The molecule has 28 heavy (non-hydrogen) atoms. The second-order valence-electron chi connectivity index (χ2n) is 7.17. The number of amides is 2. The van der Waals surface area contributed by atoms with Crippen molar-refractivity contribution in [2.45, 2.75) is 5.41 Å². The van der Waals surface area contributed by atoms with Gasteiger partial charge in [0.1, 0.15) is 17.0 Å². The molecule has 2 aromatic rings. The normalized spacial score (nSPS) is 24.2. The molecule has 4 rings (SSSR count). The second kappa shape index (κ2) is 6.64. The maximum Gasteiger partial charge on any atom is 0.241 e. The molecule has 0 aromatic heterocycles. The number of fused-ring (bicyclic) bond motifs is 2. The molecular weight excluding hydrogens is 354 g/mol. The monoisotopic (exact) mass is 375 g/mol. The second-order valence-corrected chi connectivity index (χ2v) is 7.17. The van der Waals surface area contributed by atoms with Crippen molar-refractivity contribution in [3.63, 3.8) is 0 Å². The summed E-state index contributed by atoms with van der Waals surface area (Å²) in [5, 5.41) is 13.4. The van der Waals surface area contributed by atoms with Crippen LogP contribution in [0.25, 0.3) is 0 Å². The van der Waals surface area contributed by atoms with Gasteiger partial charge in [-0.25, -0.2) is 0 Å². The van der Waals surface area contributed by atoms with Gasteiger partial charge in [0, 0.05) is 31.4 Å². The standard InChI is InChI=1S/C22H21N3O3/c1-3-13-25-17-12-8-7-11-16(17)22(21(25)27)14-24(2)20(26)18(22)19(23-28)15-9-5-4-6-10-15/h3-12,18,28H,1,13-14H2,2H3/b23-19+/t18-,22+/m1/s1. The minimum atomic E-state index is -1.14. The lowest BCUT2D eigenvalue weighted by Gasteiger charge is -2.28. The van der Waals surface area contributed by atoms with Gasteiger partial charge in [-0.05, 0) is 11.6 Å². The van der Waals surface area contributed by atoms with Crippen molar-refractivity contribution >= 4 is 23.2 Å². The number of carbonyl (C=O) groups excluding carboxylic acids is 2. The van der Waals surface area contributed by atoms with Gasteiger partial charge in [0.2, 0.25) is 11.8 Å². The van der Waals surface area contributed by atoms with Crippen LogP contribution in [0.4, 0.5) is 5.69 Å². The van der Waals surface area contributed by atoms with Gasteiger partial charge >= 0.3 is 0 Å². The van der Waals surface area contributed by atoms with E-state index in [4.69, 9.17) is 0 Å². The maximum atomic E-state index is 13.7. The van der Waals surface area contributed by atoms with Crippen LogP contribution in [0.15, 0.2) is 72.4 Å². The van der Waals surface area contributed by atoms with Crippen molar-refractivity contribution in [1.29, 1.82) is 0 Å². The number of benzene rings is 2. The van der Waals surface area contributed by atoms with Crippen LogP contribution in [-0.2, 0) is 15.0 Å². The summed E-state index contributed by atoms with van der Waals surface area (Å²) in [4.78, 5) is 30.1. The van der Waals surface area contributed by atoms with Crippen LogP contribution in [0, 0.1) is 5.92 Å². The molecule has 0 radical (unpaired) electrons. The predicted molar refractivity (Wildman–Crippen MR) is 107 cm³/mol. The number of likely N-dealkylation sites (tertiary alicyclic amines) is 1. The van der Waals surface area contributed by atoms with Crippen LogP contribution in [0.5, 0.6) is 0 Å². The maximum absolute atomic E-state index is 13.7. The summed E-state index contributed by atoms with van der Waals surface area (Å²) < 4.78 is 0. The van der Waals surface area contributed by atoms with Crippen molar-refractivity contribution in [1.82, 2.24) is 4.90 Å². The Hall–Kier alpha value is -3.41. The molecular formula is C22H21N3O3. The fourth-order valence-corrected chi connectivity index (χ4v) is 4.51. The summed E-state index contributed by atoms with van der Waals surface area (Å²) in [6.07, 6.45) is 1.67. The largest absolute Gasteiger partial charge is 0.411 e. The van der Waals surface area contributed by atoms with Crippen molar-refractivity contribution in [3.8, 4) is 0 Å². The smallest absolute Gasteiger partial charge is 0.241 e. The first-order chi connectivity index (χ1) is 13.6. The minimum Gasteiger partial charge on any atom is -0.411 e. The highest BCUT2D eigenvalue weighted by Crippen LogP contribution is 2.51. The van der Waals surface area contributed by atoms with E-state index in [1.165, 1.54) is 0 Å². The van der Waals surface area contributed by atoms with E-state index in [1.54, 1.807) is 35.1 Å². The van der Waals surface area contributed by atoms with Gasteiger partial charge in [-0.3, -0.25) is 9.59 Å². The zero-order valence-corrected chi connectivity index (χ0v) is 15.6. The van der Waals surface area contributed by atoms with Crippen LogP contribution in [0.2, 0.25) is 0 Å². The van der Waals surface area contributed by atoms with Gasteiger partial charge in [-0.15, -0.1) is 6.58 Å². The van der Waals surface area contributed by atoms with Gasteiger partial charge in [0.25, 0.3) is 0 Å². The summed E-state index contributed by atoms with van der Waals surface area (Å²) in [7, 11) is 1.68. The van der Waals surface area contributed by atoms with Gasteiger partial charge in [0.15, 0.2) is 0 Å². The van der Waals surface area contributed by atoms with Crippen LogP contribution in [0.1, 0.15) is 11.1 Å². The molecule has 6 nitrogen and oxygen atoms in total. The third-order valence-corrected chi connectivity index (χ3v) is 5.67. The van der Waals surface area contributed by atoms with E-state index >= 15 is 0 Å². The predicted octanol–water partition coefficient (Wildman–Crippen LogP) is 2.42. The molecule has 142 valence electrons. The number of hydrogen-bond donors (Lipinski definition) is 1. The molecule has 2 aromatic carbocycles. The molecule has 2 heterocycles. The molecule has 1 N–H and O–H groups in total. The fourth-order valence-electron chi connectivity index (χ4n) is 4.51. The molecule has 1 fully saturated rings. The lowest BCUT2D eigenvalue weighted by Crippen LogP contribution is -2.49. The van der Waals surface area contributed by atoms with E-state index in [0.717, 1.165) is 11.3 Å². The average Bonchev–Trinajstić information content (AvgIpc) is 3.11. The Labute approximate surface area is 163 Å². The van der Waals surface area contributed by atoms with Crippen molar-refractivity contribution in [2.75, 3.05) is 25.0 Å². The molecule has 2 aliphatic heterocycles. The third-order valence-electron chi connectivity index (χ3n) is 5.67. The zero-order valence-electron chi connectivity index (χ0n) is 15.6. The van der Waals surface area contributed by atoms with E-state index in [9.17, 15) is 14.8 Å². The average molecular weight is 375 g/mol. The van der Waals surface area contributed by atoms with Gasteiger partial charge < -0.3 is 15.0 Å². The molecule has 0 saturated carbocycles. The van der Waals surface area contributed by atoms with E-state index in [-0.39, 0.29) is 24.1 Å². The highest BCUT2D eigenvalue weighted by atomic mass is 16.4. The summed E-state index contributed by atoms with van der Waals surface area (Å²) in [6, 6.07) is 16.5. The molecule has 2 atom stereocenters. The molecule has 0 unspecified atom stereocenters. The van der Waals surface area contributed by atoms with Crippen LogP contribution in [0.3, 0.4) is 0 Å². The molecule has 6 heteroatoms. The van der Waals surface area contributed by atoms with Crippen molar-refractivity contribution < 1.29 is 14.8 Å². The van der Waals surface area contributed by atoms with E-state index < -0.39 is 11.3 Å². The number of likely N-dealkylation sites (N-methyl/N-ethyl adjacent to an activating group) is 1. The Morgan fingerprint density at radius 3 is 2.57 bits per heavy atom. The zero-order chi connectivity index (χ0) is 19.9. The number of anilines is 1. The Bertz CT molecular complexity index is 986. The molecule has 1 spiro atoms. The molecule has 2 amide bonds. The summed E-state index contributed by atoms with van der Waals surface area (Å²) >= 11 is 0. The molecule has 2 aliphatic rings. The van der Waals surface area contributed by atoms with Crippen molar-refractivity contribution in [2.24, 2.45) is 11.1 Å². The number of oxime groups is 1. The first kappa shape index (κ1) is 18.0. The number of para-hydroxylation sites is 1. The Morgan fingerprint density at radius 2 is 1.89 bits per heavy atom. The van der Waals surface area contributed by atoms with E-state index in [1.807, 2.05) is 42.5 Å². The van der Waals surface area contributed by atoms with Gasteiger partial charge in [-0.1, -0.05) is 59.8 Å². The summed E-state index contributed by atoms with van der Waals surface area (Å²) in [5.74, 6) is -1.32. The minimum absolute atomic E-state index is 0.173. The Kier molecular flexibility index (Phi) is 4.26. The lowest BCUT2D eigenvalue weighted by molar-refractivity contribution is -0.130. The topological polar surface area (TPSA) is 73.2 Å². The van der Waals surface area contributed by atoms with Crippen LogP contribution < -0.4 is 4.90 Å². The fraction of sp³-hybridized carbons (Fsp3) is 0.227. The molecule has 1 saturated heterocycles. The molecule has 0 aliphatic carbocycles. The van der Waals surface area contributed by atoms with Crippen LogP contribution >= 0.6 is 0 Å². The van der Waals surface area contributed by atoms with Crippen molar-refractivity contribution in [3.05, 3.63) is 78.4 Å². The first-order valence-corrected chi connectivity index (χ1v) is 9.11. The third kappa shape index (κ3) is 2.30. The van der Waals surface area contributed by atoms with Crippen LogP contribution in [-0.4, -0.2) is 47.8 Å². The van der Waals surface area contributed by atoms with Gasteiger partial charge in [-0.2, -0.15) is 0 Å². The number of carbonyl (C=O) groups is 2. The van der Waals surface area contributed by atoms with Gasteiger partial charge in [0.05, 0.1) is 0 Å².